The van der Waals surface area contributed by atoms with Crippen molar-refractivity contribution in [2.75, 3.05) is 22.5 Å². The van der Waals surface area contributed by atoms with E-state index in [0.29, 0.717) is 17.9 Å². The van der Waals surface area contributed by atoms with E-state index in [-0.39, 0.29) is 5.91 Å². The third-order valence-electron chi connectivity index (χ3n) is 4.30. The third-order valence-corrected chi connectivity index (χ3v) is 4.30. The first kappa shape index (κ1) is 16.8. The molecular weight excluding hydrogens is 316 g/mol. The fourth-order valence-electron chi connectivity index (χ4n) is 3.06. The number of nitrogens with one attached hydrogen (secondary N) is 2. The van der Waals surface area contributed by atoms with E-state index in [0.717, 1.165) is 24.1 Å². The van der Waals surface area contributed by atoms with Crippen LogP contribution in [0.2, 0.25) is 0 Å². The van der Waals surface area contributed by atoms with Crippen molar-refractivity contribution in [1.29, 1.82) is 0 Å². The molecule has 0 fully saturated rings. The second-order valence-electron chi connectivity index (χ2n) is 6.12. The van der Waals surface area contributed by atoms with Crippen molar-refractivity contribution in [1.82, 2.24) is 5.32 Å². The lowest BCUT2D eigenvalue weighted by Crippen LogP contribution is -2.49. The van der Waals surface area contributed by atoms with Gasteiger partial charge in [-0.1, -0.05) is 24.3 Å². The highest BCUT2D eigenvalue weighted by Crippen LogP contribution is 2.31. The lowest BCUT2D eigenvalue weighted by atomic mass is 9.99. The van der Waals surface area contributed by atoms with E-state index in [1.807, 2.05) is 36.4 Å². The van der Waals surface area contributed by atoms with Crippen LogP contribution in [0, 0.1) is 0 Å². The molecule has 6 heteroatoms. The van der Waals surface area contributed by atoms with Gasteiger partial charge in [0.1, 0.15) is 6.04 Å². The van der Waals surface area contributed by atoms with E-state index in [2.05, 4.69) is 10.6 Å². The molecule has 0 bridgehead atoms. The van der Waals surface area contributed by atoms with E-state index in [1.165, 1.54) is 0 Å². The van der Waals surface area contributed by atoms with Crippen molar-refractivity contribution < 1.29 is 9.59 Å². The van der Waals surface area contributed by atoms with E-state index >= 15 is 0 Å². The van der Waals surface area contributed by atoms with Crippen LogP contribution in [0.1, 0.15) is 18.9 Å². The summed E-state index contributed by atoms with van der Waals surface area (Å²) < 4.78 is 0. The molecule has 0 radical (unpaired) electrons. The maximum Gasteiger partial charge on any atom is 0.319 e. The largest absolute Gasteiger partial charge is 0.398 e. The molecule has 1 aliphatic rings. The van der Waals surface area contributed by atoms with Crippen LogP contribution < -0.4 is 21.3 Å². The van der Waals surface area contributed by atoms with Gasteiger partial charge in [0, 0.05) is 23.6 Å². The number of nitrogen functional groups attached to an aromatic ring is 1. The second-order valence-corrected chi connectivity index (χ2v) is 6.12. The monoisotopic (exact) mass is 338 g/mol. The number of urea groups is 1. The number of rotatable bonds is 3. The average Bonchev–Trinajstić information content (AvgIpc) is 2.62. The quantitative estimate of drug-likeness (QED) is 0.752. The van der Waals surface area contributed by atoms with Crippen molar-refractivity contribution >= 4 is 29.0 Å². The molecule has 25 heavy (non-hydrogen) atoms. The van der Waals surface area contributed by atoms with Crippen LogP contribution in [0.25, 0.3) is 0 Å². The molecule has 6 nitrogen and oxygen atoms in total. The van der Waals surface area contributed by atoms with Gasteiger partial charge in [0.05, 0.1) is 0 Å². The Kier molecular flexibility index (Phi) is 4.88. The first-order chi connectivity index (χ1) is 12.1. The molecule has 2 aromatic rings. The molecule has 0 saturated heterocycles. The summed E-state index contributed by atoms with van der Waals surface area (Å²) in [6, 6.07) is 13.7. The highest BCUT2D eigenvalue weighted by atomic mass is 16.2. The number of nitrogens with zero attached hydrogens (tertiary/aromatic N) is 1. The van der Waals surface area contributed by atoms with Gasteiger partial charge in [-0.2, -0.15) is 0 Å². The van der Waals surface area contributed by atoms with Gasteiger partial charge in [-0.3, -0.25) is 4.79 Å². The minimum atomic E-state index is -0.643. The molecule has 0 spiro atoms. The zero-order valence-corrected chi connectivity index (χ0v) is 14.2. The Labute approximate surface area is 147 Å². The maximum absolute atomic E-state index is 12.8. The standard InChI is InChI=1S/C19H22N4O2/c1-13(21-19(25)22-14-7-3-2-4-8-14)18(24)23-12-6-9-15-16(20)10-5-11-17(15)23/h2-5,7-8,10-11,13H,6,9,12,20H2,1H3,(H2,21,22,25). The maximum atomic E-state index is 12.8. The summed E-state index contributed by atoms with van der Waals surface area (Å²) >= 11 is 0. The zero-order valence-electron chi connectivity index (χ0n) is 14.2. The molecule has 1 atom stereocenters. The average molecular weight is 338 g/mol. The number of benzene rings is 2. The molecular formula is C19H22N4O2. The first-order valence-electron chi connectivity index (χ1n) is 8.37. The summed E-state index contributed by atoms with van der Waals surface area (Å²) in [7, 11) is 0. The number of carbonyl (C=O) groups is 2. The topological polar surface area (TPSA) is 87.5 Å². The Balaban J connectivity index is 1.67. The minimum absolute atomic E-state index is 0.144. The van der Waals surface area contributed by atoms with Crippen LogP contribution >= 0.6 is 0 Å². The SMILES string of the molecule is CC(NC(=O)Nc1ccccc1)C(=O)N1CCCc2c(N)cccc21. The second kappa shape index (κ2) is 7.25. The summed E-state index contributed by atoms with van der Waals surface area (Å²) in [5.74, 6) is -0.144. The first-order valence-corrected chi connectivity index (χ1v) is 8.37. The summed E-state index contributed by atoms with van der Waals surface area (Å²) in [4.78, 5) is 26.6. The molecule has 2 aromatic carbocycles. The molecule has 1 heterocycles. The fourth-order valence-corrected chi connectivity index (χ4v) is 3.06. The van der Waals surface area contributed by atoms with E-state index in [4.69, 9.17) is 5.73 Å². The van der Waals surface area contributed by atoms with Crippen LogP contribution in [0.15, 0.2) is 48.5 Å². The minimum Gasteiger partial charge on any atom is -0.398 e. The Morgan fingerprint density at radius 1 is 1.12 bits per heavy atom. The van der Waals surface area contributed by atoms with Crippen molar-refractivity contribution in [2.45, 2.75) is 25.8 Å². The fraction of sp³-hybridized carbons (Fsp3) is 0.263. The summed E-state index contributed by atoms with van der Waals surface area (Å²) in [5, 5.41) is 5.42. The summed E-state index contributed by atoms with van der Waals surface area (Å²) in [5.41, 5.74) is 9.26. The molecule has 1 unspecified atom stereocenters. The number of amides is 3. The van der Waals surface area contributed by atoms with Gasteiger partial charge in [0.2, 0.25) is 5.91 Å². The molecule has 3 rings (SSSR count). The van der Waals surface area contributed by atoms with Crippen LogP contribution in [0.5, 0.6) is 0 Å². The highest BCUT2D eigenvalue weighted by molar-refractivity contribution is 6.01. The van der Waals surface area contributed by atoms with E-state index in [1.54, 1.807) is 24.0 Å². The van der Waals surface area contributed by atoms with Crippen LogP contribution in [0.4, 0.5) is 21.9 Å². The van der Waals surface area contributed by atoms with Crippen molar-refractivity contribution in [3.63, 3.8) is 0 Å². The molecule has 0 saturated carbocycles. The summed E-state index contributed by atoms with van der Waals surface area (Å²) in [6.45, 7) is 2.31. The lowest BCUT2D eigenvalue weighted by Gasteiger charge is -2.32. The molecule has 0 aliphatic carbocycles. The summed E-state index contributed by atoms with van der Waals surface area (Å²) in [6.07, 6.45) is 1.72. The van der Waals surface area contributed by atoms with Crippen LogP contribution in [0.3, 0.4) is 0 Å². The van der Waals surface area contributed by atoms with Crippen molar-refractivity contribution in [3.8, 4) is 0 Å². The lowest BCUT2D eigenvalue weighted by molar-refractivity contribution is -0.120. The number of hydrogen-bond donors (Lipinski definition) is 3. The predicted octanol–water partition coefficient (Wildman–Crippen LogP) is 2.76. The van der Waals surface area contributed by atoms with E-state index in [9.17, 15) is 9.59 Å². The van der Waals surface area contributed by atoms with Crippen molar-refractivity contribution in [3.05, 3.63) is 54.1 Å². The predicted molar refractivity (Wildman–Crippen MR) is 99.6 cm³/mol. The Hall–Kier alpha value is -3.02. The number of anilines is 3. The van der Waals surface area contributed by atoms with Crippen LogP contribution in [-0.4, -0.2) is 24.5 Å². The molecule has 4 N–H and O–H groups in total. The van der Waals surface area contributed by atoms with Gasteiger partial charge < -0.3 is 21.3 Å². The van der Waals surface area contributed by atoms with Gasteiger partial charge in [-0.15, -0.1) is 0 Å². The third kappa shape index (κ3) is 3.74. The van der Waals surface area contributed by atoms with Gasteiger partial charge in [0.25, 0.3) is 0 Å². The normalized spacial score (nSPS) is 14.4. The molecule has 0 aromatic heterocycles. The van der Waals surface area contributed by atoms with Crippen LogP contribution in [-0.2, 0) is 11.2 Å². The Morgan fingerprint density at radius 2 is 1.88 bits per heavy atom. The van der Waals surface area contributed by atoms with Gasteiger partial charge in [-0.25, -0.2) is 4.79 Å². The van der Waals surface area contributed by atoms with E-state index < -0.39 is 12.1 Å². The zero-order chi connectivity index (χ0) is 17.8. The number of nitrogens with two attached hydrogens (primary N) is 1. The van der Waals surface area contributed by atoms with Gasteiger partial charge >= 0.3 is 6.03 Å². The number of para-hydroxylation sites is 1. The van der Waals surface area contributed by atoms with Crippen molar-refractivity contribution in [2.24, 2.45) is 0 Å². The Morgan fingerprint density at radius 3 is 2.64 bits per heavy atom. The highest BCUT2D eigenvalue weighted by Gasteiger charge is 2.27. The number of hydrogen-bond acceptors (Lipinski definition) is 3. The number of carbonyl (C=O) groups excluding carboxylic acids is 2. The Bertz CT molecular complexity index is 776. The van der Waals surface area contributed by atoms with Gasteiger partial charge in [-0.05, 0) is 49.6 Å². The van der Waals surface area contributed by atoms with Gasteiger partial charge in [0.15, 0.2) is 0 Å². The number of fused-ring (bicyclic) bond motifs is 1. The molecule has 1 aliphatic heterocycles. The molecule has 3 amide bonds. The molecule has 130 valence electrons. The smallest absolute Gasteiger partial charge is 0.319 e.